The van der Waals surface area contributed by atoms with Gasteiger partial charge in [-0.3, -0.25) is 4.79 Å². The van der Waals surface area contributed by atoms with Crippen molar-refractivity contribution in [3.8, 4) is 0 Å². The lowest BCUT2D eigenvalue weighted by molar-refractivity contribution is -0.132. The van der Waals surface area contributed by atoms with Crippen LogP contribution in [0.25, 0.3) is 0 Å². The Morgan fingerprint density at radius 2 is 1.93 bits per heavy atom. The molecule has 0 aromatic carbocycles. The third kappa shape index (κ3) is 3.32. The first kappa shape index (κ1) is 14.7. The van der Waals surface area contributed by atoms with E-state index in [0.29, 0.717) is 0 Å². The lowest BCUT2D eigenvalue weighted by atomic mass is 10.1. The summed E-state index contributed by atoms with van der Waals surface area (Å²) in [6, 6.07) is 0.145. The molecular weight excluding hydrogens is 240 g/mol. The monoisotopic (exact) mass is 256 g/mol. The number of amides is 1. The van der Waals surface area contributed by atoms with Crippen molar-refractivity contribution in [1.29, 1.82) is 0 Å². The fourth-order valence-corrected chi connectivity index (χ4v) is 1.73. The minimum Gasteiger partial charge on any atom is -0.339 e. The maximum atomic E-state index is 11.6. The number of nitrogens with one attached hydrogen (secondary N) is 1. The molecule has 5 nitrogen and oxygen atoms in total. The van der Waals surface area contributed by atoms with Gasteiger partial charge in [0.1, 0.15) is 5.25 Å². The lowest BCUT2D eigenvalue weighted by Crippen LogP contribution is -2.59. The summed E-state index contributed by atoms with van der Waals surface area (Å²) in [5, 5.41) is 2.09. The number of rotatable bonds is 3. The van der Waals surface area contributed by atoms with Gasteiger partial charge in [-0.1, -0.05) is 0 Å². The van der Waals surface area contributed by atoms with Gasteiger partial charge < -0.3 is 10.2 Å². The first-order chi connectivity index (χ1) is 6.34. The Labute approximate surface area is 96.5 Å². The number of hydrogen-bond donors (Lipinski definition) is 1. The average molecular weight is 257 g/mol. The van der Waals surface area contributed by atoms with Gasteiger partial charge >= 0.3 is 0 Å². The van der Waals surface area contributed by atoms with Crippen LogP contribution in [0.4, 0.5) is 0 Å². The molecule has 0 aliphatic carbocycles. The molecule has 0 aromatic heterocycles. The first-order valence-corrected chi connectivity index (χ1v) is 6.45. The number of carbonyl (C=O) groups is 1. The van der Waals surface area contributed by atoms with Crippen molar-refractivity contribution in [2.75, 3.05) is 26.4 Å². The van der Waals surface area contributed by atoms with Gasteiger partial charge in [-0.2, -0.15) is 0 Å². The van der Waals surface area contributed by atoms with Crippen LogP contribution in [0.3, 0.4) is 0 Å². The highest BCUT2D eigenvalue weighted by Crippen LogP contribution is 2.08. The fraction of sp³-hybridized carbons (Fsp3) is 0.875. The third-order valence-corrected chi connectivity index (χ3v) is 4.13. The molecule has 90 valence electrons. The Bertz CT molecular complexity index is 327. The predicted molar refractivity (Wildman–Crippen MR) is 61.0 cm³/mol. The zero-order valence-electron chi connectivity index (χ0n) is 9.06. The van der Waals surface area contributed by atoms with E-state index in [1.54, 1.807) is 7.05 Å². The Balaban J connectivity index is 0.00000196. The number of nitrogens with zero attached hydrogens (tertiary/aromatic N) is 1. The highest BCUT2D eigenvalue weighted by Gasteiger charge is 2.32. The van der Waals surface area contributed by atoms with E-state index in [4.69, 9.17) is 0 Å². The predicted octanol–water partition coefficient (Wildman–Crippen LogP) is -0.728. The first-order valence-electron chi connectivity index (χ1n) is 4.50. The Morgan fingerprint density at radius 3 is 2.20 bits per heavy atom. The minimum absolute atomic E-state index is 0. The topological polar surface area (TPSA) is 66.5 Å². The van der Waals surface area contributed by atoms with Gasteiger partial charge in [0.05, 0.1) is 6.04 Å². The second kappa shape index (κ2) is 5.14. The third-order valence-electron chi connectivity index (χ3n) is 2.65. The molecule has 1 atom stereocenters. The van der Waals surface area contributed by atoms with Crippen molar-refractivity contribution in [3.05, 3.63) is 0 Å². The number of sulfone groups is 1. The second-order valence-corrected chi connectivity index (χ2v) is 6.10. The standard InChI is InChI=1S/C8H16N2O3S.ClH/c1-6(14(3,12)13)8(11)10(2)7-4-9-5-7;/h6-7,9H,4-5H2,1-3H3;1H. The SMILES string of the molecule is CC(C(=O)N(C)C1CNC1)S(C)(=O)=O.Cl. The molecule has 1 amide bonds. The Morgan fingerprint density at radius 1 is 1.47 bits per heavy atom. The summed E-state index contributed by atoms with van der Waals surface area (Å²) in [6.45, 7) is 2.93. The van der Waals surface area contributed by atoms with Crippen LogP contribution in [-0.2, 0) is 14.6 Å². The van der Waals surface area contributed by atoms with Gasteiger partial charge in [-0.25, -0.2) is 8.42 Å². The van der Waals surface area contributed by atoms with Crippen LogP contribution in [0, 0.1) is 0 Å². The van der Waals surface area contributed by atoms with E-state index in [-0.39, 0.29) is 24.4 Å². The number of halogens is 1. The minimum atomic E-state index is -3.28. The molecule has 0 aromatic rings. The summed E-state index contributed by atoms with van der Waals surface area (Å²) < 4.78 is 22.3. The summed E-state index contributed by atoms with van der Waals surface area (Å²) in [7, 11) is -1.63. The van der Waals surface area contributed by atoms with E-state index in [1.165, 1.54) is 11.8 Å². The maximum Gasteiger partial charge on any atom is 0.240 e. The normalized spacial score (nSPS) is 18.6. The van der Waals surface area contributed by atoms with Crippen LogP contribution in [0.5, 0.6) is 0 Å². The Kier molecular flexibility index (Phi) is 5.02. The van der Waals surface area contributed by atoms with Crippen LogP contribution in [0.15, 0.2) is 0 Å². The van der Waals surface area contributed by atoms with Crippen LogP contribution < -0.4 is 5.32 Å². The van der Waals surface area contributed by atoms with Crippen molar-refractivity contribution < 1.29 is 13.2 Å². The Hall–Kier alpha value is -0.330. The number of hydrogen-bond acceptors (Lipinski definition) is 4. The zero-order chi connectivity index (χ0) is 10.9. The van der Waals surface area contributed by atoms with Gasteiger partial charge in [0, 0.05) is 26.4 Å². The fourth-order valence-electron chi connectivity index (χ4n) is 1.20. The smallest absolute Gasteiger partial charge is 0.240 e. The molecule has 1 aliphatic heterocycles. The molecule has 1 fully saturated rings. The molecule has 1 aliphatic rings. The van der Waals surface area contributed by atoms with Gasteiger partial charge in [-0.05, 0) is 6.92 Å². The van der Waals surface area contributed by atoms with Crippen LogP contribution >= 0.6 is 12.4 Å². The largest absolute Gasteiger partial charge is 0.339 e. The summed E-state index contributed by atoms with van der Waals surface area (Å²) in [5.41, 5.74) is 0. The number of likely N-dealkylation sites (N-methyl/N-ethyl adjacent to an activating group) is 1. The molecule has 7 heteroatoms. The summed E-state index contributed by atoms with van der Waals surface area (Å²) in [5.74, 6) is -0.320. The second-order valence-electron chi connectivity index (χ2n) is 3.73. The molecule has 1 saturated heterocycles. The molecule has 15 heavy (non-hydrogen) atoms. The molecule has 1 N–H and O–H groups in total. The van der Waals surface area contributed by atoms with Crippen molar-refractivity contribution in [1.82, 2.24) is 10.2 Å². The maximum absolute atomic E-state index is 11.6. The van der Waals surface area contributed by atoms with Crippen molar-refractivity contribution >= 4 is 28.2 Å². The molecule has 0 spiro atoms. The van der Waals surface area contributed by atoms with Crippen molar-refractivity contribution in [2.45, 2.75) is 18.2 Å². The average Bonchev–Trinajstić information content (AvgIpc) is 1.96. The van der Waals surface area contributed by atoms with Crippen molar-refractivity contribution in [3.63, 3.8) is 0 Å². The summed E-state index contributed by atoms with van der Waals surface area (Å²) >= 11 is 0. The zero-order valence-corrected chi connectivity index (χ0v) is 10.7. The molecule has 0 bridgehead atoms. The molecule has 1 rings (SSSR count). The van der Waals surface area contributed by atoms with Crippen LogP contribution in [0.2, 0.25) is 0 Å². The van der Waals surface area contributed by atoms with Crippen LogP contribution in [0.1, 0.15) is 6.92 Å². The van der Waals surface area contributed by atoms with E-state index in [9.17, 15) is 13.2 Å². The van der Waals surface area contributed by atoms with E-state index < -0.39 is 15.1 Å². The quantitative estimate of drug-likeness (QED) is 0.723. The van der Waals surface area contributed by atoms with Gasteiger partial charge in [0.25, 0.3) is 0 Å². The molecule has 0 radical (unpaired) electrons. The molecular formula is C8H17ClN2O3S. The lowest BCUT2D eigenvalue weighted by Gasteiger charge is -2.36. The van der Waals surface area contributed by atoms with Gasteiger partial charge in [0.15, 0.2) is 9.84 Å². The van der Waals surface area contributed by atoms with E-state index in [0.717, 1.165) is 19.3 Å². The highest BCUT2D eigenvalue weighted by molar-refractivity contribution is 7.92. The van der Waals surface area contributed by atoms with E-state index >= 15 is 0 Å². The highest BCUT2D eigenvalue weighted by atomic mass is 35.5. The van der Waals surface area contributed by atoms with Gasteiger partial charge in [0.2, 0.25) is 5.91 Å². The van der Waals surface area contributed by atoms with Crippen LogP contribution in [-0.4, -0.2) is 56.9 Å². The summed E-state index contributed by atoms with van der Waals surface area (Å²) in [4.78, 5) is 13.2. The van der Waals surface area contributed by atoms with Gasteiger partial charge in [-0.15, -0.1) is 12.4 Å². The number of carbonyl (C=O) groups excluding carboxylic acids is 1. The van der Waals surface area contributed by atoms with Crippen molar-refractivity contribution in [2.24, 2.45) is 0 Å². The summed E-state index contributed by atoms with van der Waals surface area (Å²) in [6.07, 6.45) is 1.09. The molecule has 1 unspecified atom stereocenters. The molecule has 0 saturated carbocycles. The van der Waals surface area contributed by atoms with E-state index in [1.807, 2.05) is 0 Å². The van der Waals surface area contributed by atoms with E-state index in [2.05, 4.69) is 5.32 Å². The molecule has 1 heterocycles.